The summed E-state index contributed by atoms with van der Waals surface area (Å²) in [5.41, 5.74) is 0.388. The van der Waals surface area contributed by atoms with E-state index in [4.69, 9.17) is 9.26 Å². The number of nitrogens with zero attached hydrogens (tertiary/aromatic N) is 3. The summed E-state index contributed by atoms with van der Waals surface area (Å²) in [7, 11) is 1.78. The summed E-state index contributed by atoms with van der Waals surface area (Å²) in [6.45, 7) is 6.72. The van der Waals surface area contributed by atoms with Crippen LogP contribution in [0.2, 0.25) is 0 Å². The summed E-state index contributed by atoms with van der Waals surface area (Å²) < 4.78 is 10.5. The number of ether oxygens (including phenoxy) is 1. The van der Waals surface area contributed by atoms with Crippen LogP contribution >= 0.6 is 0 Å². The van der Waals surface area contributed by atoms with E-state index >= 15 is 0 Å². The summed E-state index contributed by atoms with van der Waals surface area (Å²) in [5.74, 6) is 0.647. The van der Waals surface area contributed by atoms with Crippen molar-refractivity contribution in [2.24, 2.45) is 0 Å². The van der Waals surface area contributed by atoms with Crippen molar-refractivity contribution in [3.63, 3.8) is 0 Å². The number of carbonyl (C=O) groups excluding carboxylic acids is 1. The van der Waals surface area contributed by atoms with E-state index in [1.165, 1.54) is 0 Å². The van der Waals surface area contributed by atoms with Gasteiger partial charge in [0, 0.05) is 32.7 Å². The fraction of sp³-hybridized carbons (Fsp3) is 0.692. The molecule has 0 N–H and O–H groups in total. The Morgan fingerprint density at radius 1 is 1.47 bits per heavy atom. The first-order valence-corrected chi connectivity index (χ1v) is 6.72. The SMILES string of the molecule is CCCN(C)C(=O)c1cc(CN2CCOCC2)on1. The van der Waals surface area contributed by atoms with Gasteiger partial charge in [0.2, 0.25) is 0 Å². The van der Waals surface area contributed by atoms with Gasteiger partial charge in [-0.2, -0.15) is 0 Å². The number of aromatic nitrogens is 1. The van der Waals surface area contributed by atoms with Crippen molar-refractivity contribution in [1.29, 1.82) is 0 Å². The summed E-state index contributed by atoms with van der Waals surface area (Å²) in [6, 6.07) is 1.74. The maximum Gasteiger partial charge on any atom is 0.275 e. The van der Waals surface area contributed by atoms with E-state index in [-0.39, 0.29) is 5.91 Å². The summed E-state index contributed by atoms with van der Waals surface area (Å²) in [4.78, 5) is 15.9. The second kappa shape index (κ2) is 6.68. The molecule has 1 aliphatic rings. The lowest BCUT2D eigenvalue weighted by Crippen LogP contribution is -2.35. The number of hydrogen-bond acceptors (Lipinski definition) is 5. The van der Waals surface area contributed by atoms with E-state index < -0.39 is 0 Å². The molecule has 1 aromatic rings. The number of hydrogen-bond donors (Lipinski definition) is 0. The van der Waals surface area contributed by atoms with E-state index in [1.54, 1.807) is 18.0 Å². The largest absolute Gasteiger partial charge is 0.379 e. The molecule has 6 nitrogen and oxygen atoms in total. The fourth-order valence-corrected chi connectivity index (χ4v) is 2.10. The molecule has 1 amide bonds. The van der Waals surface area contributed by atoms with Crippen LogP contribution in [0.25, 0.3) is 0 Å². The molecular formula is C13H21N3O3. The van der Waals surface area contributed by atoms with E-state index in [9.17, 15) is 4.79 Å². The lowest BCUT2D eigenvalue weighted by atomic mass is 10.3. The van der Waals surface area contributed by atoms with Gasteiger partial charge in [0.15, 0.2) is 11.5 Å². The Balaban J connectivity index is 1.92. The molecule has 1 aromatic heterocycles. The minimum atomic E-state index is -0.0844. The highest BCUT2D eigenvalue weighted by atomic mass is 16.5. The molecular weight excluding hydrogens is 246 g/mol. The lowest BCUT2D eigenvalue weighted by Gasteiger charge is -2.25. The van der Waals surface area contributed by atoms with Crippen LogP contribution in [0, 0.1) is 0 Å². The maximum absolute atomic E-state index is 12.0. The van der Waals surface area contributed by atoms with E-state index in [1.807, 2.05) is 6.92 Å². The summed E-state index contributed by atoms with van der Waals surface area (Å²) >= 11 is 0. The standard InChI is InChI=1S/C13H21N3O3/c1-3-4-15(2)13(17)12-9-11(19-14-12)10-16-5-7-18-8-6-16/h9H,3-8,10H2,1-2H3. The second-order valence-corrected chi connectivity index (χ2v) is 4.79. The van der Waals surface area contributed by atoms with Crippen LogP contribution in [0.3, 0.4) is 0 Å². The molecule has 106 valence electrons. The Bertz CT molecular complexity index is 413. The van der Waals surface area contributed by atoms with Crippen molar-refractivity contribution in [1.82, 2.24) is 15.0 Å². The molecule has 0 aliphatic carbocycles. The van der Waals surface area contributed by atoms with Gasteiger partial charge in [-0.15, -0.1) is 0 Å². The van der Waals surface area contributed by atoms with Gasteiger partial charge in [0.1, 0.15) is 0 Å². The van der Waals surface area contributed by atoms with Crippen molar-refractivity contribution in [2.45, 2.75) is 19.9 Å². The smallest absolute Gasteiger partial charge is 0.275 e. The van der Waals surface area contributed by atoms with Crippen LogP contribution in [-0.2, 0) is 11.3 Å². The van der Waals surface area contributed by atoms with Gasteiger partial charge in [-0.1, -0.05) is 12.1 Å². The average molecular weight is 267 g/mol. The van der Waals surface area contributed by atoms with Crippen molar-refractivity contribution in [2.75, 3.05) is 39.9 Å². The van der Waals surface area contributed by atoms with Crippen LogP contribution in [-0.4, -0.2) is 60.8 Å². The first kappa shape index (κ1) is 14.0. The van der Waals surface area contributed by atoms with E-state index in [0.717, 1.165) is 45.0 Å². The minimum absolute atomic E-state index is 0.0844. The predicted octanol–water partition coefficient (Wildman–Crippen LogP) is 0.989. The second-order valence-electron chi connectivity index (χ2n) is 4.79. The van der Waals surface area contributed by atoms with Gasteiger partial charge < -0.3 is 14.2 Å². The van der Waals surface area contributed by atoms with Crippen LogP contribution in [0.15, 0.2) is 10.6 Å². The Hall–Kier alpha value is -1.40. The molecule has 0 bridgehead atoms. The molecule has 1 fully saturated rings. The highest BCUT2D eigenvalue weighted by Crippen LogP contribution is 2.10. The third-order valence-corrected chi connectivity index (χ3v) is 3.17. The molecule has 0 radical (unpaired) electrons. The van der Waals surface area contributed by atoms with Gasteiger partial charge in [-0.3, -0.25) is 9.69 Å². The summed E-state index contributed by atoms with van der Waals surface area (Å²) in [5, 5.41) is 3.86. The highest BCUT2D eigenvalue weighted by molar-refractivity contribution is 5.92. The minimum Gasteiger partial charge on any atom is -0.379 e. The molecule has 1 saturated heterocycles. The third kappa shape index (κ3) is 3.78. The maximum atomic E-state index is 12.0. The monoisotopic (exact) mass is 267 g/mol. The molecule has 0 saturated carbocycles. The Morgan fingerprint density at radius 2 is 2.21 bits per heavy atom. The van der Waals surface area contributed by atoms with Crippen molar-refractivity contribution in [3.8, 4) is 0 Å². The summed E-state index contributed by atoms with van der Waals surface area (Å²) in [6.07, 6.45) is 0.931. The van der Waals surface area contributed by atoms with Crippen molar-refractivity contribution < 1.29 is 14.1 Å². The van der Waals surface area contributed by atoms with Crippen LogP contribution in [0.4, 0.5) is 0 Å². The van der Waals surface area contributed by atoms with Crippen LogP contribution < -0.4 is 0 Å². The zero-order valence-corrected chi connectivity index (χ0v) is 11.6. The van der Waals surface area contributed by atoms with Crippen molar-refractivity contribution in [3.05, 3.63) is 17.5 Å². The fourth-order valence-electron chi connectivity index (χ4n) is 2.10. The van der Waals surface area contributed by atoms with Gasteiger partial charge in [0.05, 0.1) is 19.8 Å². The first-order chi connectivity index (χ1) is 9.20. The predicted molar refractivity (Wildman–Crippen MR) is 69.9 cm³/mol. The van der Waals surface area contributed by atoms with Crippen LogP contribution in [0.5, 0.6) is 0 Å². The molecule has 2 rings (SSSR count). The number of amides is 1. The molecule has 19 heavy (non-hydrogen) atoms. The number of morpholine rings is 1. The molecule has 2 heterocycles. The molecule has 0 spiro atoms. The van der Waals surface area contributed by atoms with Gasteiger partial charge in [-0.25, -0.2) is 0 Å². The Morgan fingerprint density at radius 3 is 2.89 bits per heavy atom. The van der Waals surface area contributed by atoms with E-state index in [2.05, 4.69) is 10.1 Å². The first-order valence-electron chi connectivity index (χ1n) is 6.72. The van der Waals surface area contributed by atoms with Crippen molar-refractivity contribution >= 4 is 5.91 Å². The zero-order chi connectivity index (χ0) is 13.7. The topological polar surface area (TPSA) is 58.8 Å². The van der Waals surface area contributed by atoms with Crippen LogP contribution in [0.1, 0.15) is 29.6 Å². The van der Waals surface area contributed by atoms with Gasteiger partial charge >= 0.3 is 0 Å². The molecule has 0 atom stereocenters. The lowest BCUT2D eigenvalue weighted by molar-refractivity contribution is 0.0305. The Kier molecular flexibility index (Phi) is 4.93. The average Bonchev–Trinajstić information content (AvgIpc) is 2.88. The van der Waals surface area contributed by atoms with E-state index in [0.29, 0.717) is 12.2 Å². The number of rotatable bonds is 5. The third-order valence-electron chi connectivity index (χ3n) is 3.17. The molecule has 6 heteroatoms. The quantitative estimate of drug-likeness (QED) is 0.796. The highest BCUT2D eigenvalue weighted by Gasteiger charge is 2.18. The molecule has 0 unspecified atom stereocenters. The number of carbonyl (C=O) groups is 1. The molecule has 0 aromatic carbocycles. The normalized spacial score (nSPS) is 16.5. The Labute approximate surface area is 113 Å². The zero-order valence-electron chi connectivity index (χ0n) is 11.6. The van der Waals surface area contributed by atoms with Gasteiger partial charge in [0.25, 0.3) is 5.91 Å². The molecule has 1 aliphatic heterocycles. The van der Waals surface area contributed by atoms with Gasteiger partial charge in [-0.05, 0) is 6.42 Å².